The van der Waals surface area contributed by atoms with Crippen LogP contribution in [-0.2, 0) is 4.79 Å². The van der Waals surface area contributed by atoms with Gasteiger partial charge in [-0.15, -0.1) is 0 Å². The van der Waals surface area contributed by atoms with Crippen molar-refractivity contribution in [3.8, 4) is 11.5 Å². The molecule has 170 valence electrons. The van der Waals surface area contributed by atoms with Gasteiger partial charge in [-0.2, -0.15) is 0 Å². The third-order valence-corrected chi connectivity index (χ3v) is 5.57. The van der Waals surface area contributed by atoms with Crippen LogP contribution in [-0.4, -0.2) is 36.5 Å². The summed E-state index contributed by atoms with van der Waals surface area (Å²) < 4.78 is 11.4. The number of nitrogens with one attached hydrogen (secondary N) is 1. The Morgan fingerprint density at radius 1 is 0.970 bits per heavy atom. The fraction of sp³-hybridized carbons (Fsp3) is 0.259. The van der Waals surface area contributed by atoms with Crippen molar-refractivity contribution in [2.24, 2.45) is 0 Å². The molecule has 0 aromatic heterocycles. The van der Waals surface area contributed by atoms with Crippen LogP contribution < -0.4 is 14.8 Å². The summed E-state index contributed by atoms with van der Waals surface area (Å²) in [4.78, 5) is 28.3. The van der Waals surface area contributed by atoms with Gasteiger partial charge in [-0.1, -0.05) is 48.0 Å². The highest BCUT2D eigenvalue weighted by Crippen LogP contribution is 2.38. The van der Waals surface area contributed by atoms with Crippen LogP contribution in [0.4, 0.5) is 5.69 Å². The summed E-state index contributed by atoms with van der Waals surface area (Å²) in [6.45, 7) is 6.66. The molecule has 0 radical (unpaired) electrons. The van der Waals surface area contributed by atoms with E-state index in [4.69, 9.17) is 9.47 Å². The van der Waals surface area contributed by atoms with Crippen molar-refractivity contribution < 1.29 is 19.1 Å². The van der Waals surface area contributed by atoms with E-state index in [-0.39, 0.29) is 18.4 Å². The first-order valence-corrected chi connectivity index (χ1v) is 11.2. The lowest BCUT2D eigenvalue weighted by atomic mass is 9.94. The van der Waals surface area contributed by atoms with Gasteiger partial charge in [-0.25, -0.2) is 0 Å². The maximum absolute atomic E-state index is 13.9. The average molecular weight is 445 g/mol. The number of rotatable bonds is 6. The number of nitrogens with zero attached hydrogens (tertiary/aromatic N) is 1. The molecule has 0 spiro atoms. The Morgan fingerprint density at radius 2 is 1.70 bits per heavy atom. The van der Waals surface area contributed by atoms with Crippen LogP contribution >= 0.6 is 0 Å². The fourth-order valence-electron chi connectivity index (χ4n) is 4.16. The highest BCUT2D eigenvalue weighted by atomic mass is 16.5. The minimum atomic E-state index is -0.422. The quantitative estimate of drug-likeness (QED) is 0.583. The Balaban J connectivity index is 1.82. The highest BCUT2D eigenvalue weighted by molar-refractivity contribution is 6.01. The molecule has 6 nitrogen and oxygen atoms in total. The number of carbonyl (C=O) groups excluding carboxylic acids is 2. The molecule has 4 rings (SSSR count). The predicted octanol–water partition coefficient (Wildman–Crippen LogP) is 4.98. The summed E-state index contributed by atoms with van der Waals surface area (Å²) >= 11 is 0. The molecule has 1 aliphatic rings. The van der Waals surface area contributed by atoms with Crippen LogP contribution in [0.5, 0.6) is 11.5 Å². The van der Waals surface area contributed by atoms with Crippen molar-refractivity contribution in [3.05, 3.63) is 89.0 Å². The number of anilines is 1. The first-order valence-electron chi connectivity index (χ1n) is 11.2. The second kappa shape index (κ2) is 9.77. The lowest BCUT2D eigenvalue weighted by Gasteiger charge is -2.31. The molecule has 3 aromatic rings. The number of hydrogen-bond acceptors (Lipinski definition) is 4. The van der Waals surface area contributed by atoms with E-state index < -0.39 is 6.04 Å². The molecule has 3 aromatic carbocycles. The van der Waals surface area contributed by atoms with Gasteiger partial charge < -0.3 is 19.7 Å². The Morgan fingerprint density at radius 3 is 2.42 bits per heavy atom. The SMILES string of the molecule is CCOc1ccc(C(=O)N2CC(=O)Nc3ccc(C)cc3[C@H]2c2ccccc2)cc1OCC. The van der Waals surface area contributed by atoms with Crippen molar-refractivity contribution in [1.82, 2.24) is 4.90 Å². The summed E-state index contributed by atoms with van der Waals surface area (Å²) in [5.74, 6) is 0.613. The Bertz CT molecular complexity index is 1160. The van der Waals surface area contributed by atoms with Crippen LogP contribution in [0.3, 0.4) is 0 Å². The maximum atomic E-state index is 13.9. The number of fused-ring (bicyclic) bond motifs is 1. The van der Waals surface area contributed by atoms with E-state index in [1.807, 2.05) is 69.3 Å². The standard InChI is InChI=1S/C27H28N2O4/c1-4-32-23-14-12-20(16-24(23)33-5-2)27(31)29-17-25(30)28-22-13-11-18(3)15-21(22)26(29)19-9-7-6-8-10-19/h6-16,26H,4-5,17H2,1-3H3,(H,28,30)/t26-/m1/s1. The number of aryl methyl sites for hydroxylation is 1. The Kier molecular flexibility index (Phi) is 6.63. The Labute approximate surface area is 194 Å². The number of benzene rings is 3. The van der Waals surface area contributed by atoms with Crippen LogP contribution in [0.25, 0.3) is 0 Å². The average Bonchev–Trinajstić information content (AvgIpc) is 2.96. The molecule has 1 atom stereocenters. The van der Waals surface area contributed by atoms with E-state index in [1.54, 1.807) is 23.1 Å². The predicted molar refractivity (Wildman–Crippen MR) is 128 cm³/mol. The molecular weight excluding hydrogens is 416 g/mol. The summed E-state index contributed by atoms with van der Waals surface area (Å²) in [5, 5.41) is 2.97. The third-order valence-electron chi connectivity index (χ3n) is 5.57. The van der Waals surface area contributed by atoms with Gasteiger partial charge >= 0.3 is 0 Å². The topological polar surface area (TPSA) is 67.9 Å². The first-order chi connectivity index (χ1) is 16.0. The van der Waals surface area contributed by atoms with Gasteiger partial charge in [0, 0.05) is 16.8 Å². The van der Waals surface area contributed by atoms with Gasteiger partial charge in [0.25, 0.3) is 5.91 Å². The van der Waals surface area contributed by atoms with E-state index >= 15 is 0 Å². The number of carbonyl (C=O) groups is 2. The Hall–Kier alpha value is -3.80. The highest BCUT2D eigenvalue weighted by Gasteiger charge is 2.34. The molecule has 1 aliphatic heterocycles. The lowest BCUT2D eigenvalue weighted by molar-refractivity contribution is -0.117. The van der Waals surface area contributed by atoms with Crippen LogP contribution in [0, 0.1) is 6.92 Å². The number of amides is 2. The van der Waals surface area contributed by atoms with Crippen LogP contribution in [0.2, 0.25) is 0 Å². The van der Waals surface area contributed by atoms with Crippen molar-refractivity contribution in [1.29, 1.82) is 0 Å². The minimum absolute atomic E-state index is 0.0662. The molecule has 1 heterocycles. The summed E-state index contributed by atoms with van der Waals surface area (Å²) in [6.07, 6.45) is 0. The van der Waals surface area contributed by atoms with Crippen molar-refractivity contribution >= 4 is 17.5 Å². The molecule has 2 amide bonds. The number of hydrogen-bond donors (Lipinski definition) is 1. The zero-order valence-electron chi connectivity index (χ0n) is 19.1. The molecule has 0 unspecified atom stereocenters. The van der Waals surface area contributed by atoms with Gasteiger partial charge in [0.2, 0.25) is 5.91 Å². The minimum Gasteiger partial charge on any atom is -0.490 e. The van der Waals surface area contributed by atoms with E-state index in [0.29, 0.717) is 30.3 Å². The van der Waals surface area contributed by atoms with Gasteiger partial charge in [0.05, 0.1) is 19.3 Å². The molecule has 0 saturated carbocycles. The largest absolute Gasteiger partial charge is 0.490 e. The van der Waals surface area contributed by atoms with Gasteiger partial charge in [0.15, 0.2) is 11.5 Å². The molecular formula is C27H28N2O4. The van der Waals surface area contributed by atoms with Crippen LogP contribution in [0.15, 0.2) is 66.7 Å². The van der Waals surface area contributed by atoms with Gasteiger partial charge in [0.1, 0.15) is 6.54 Å². The summed E-state index contributed by atoms with van der Waals surface area (Å²) in [5.41, 5.74) is 4.03. The molecule has 6 heteroatoms. The molecule has 0 bridgehead atoms. The van der Waals surface area contributed by atoms with E-state index in [1.165, 1.54) is 0 Å². The van der Waals surface area contributed by atoms with Gasteiger partial charge in [-0.05, 0) is 50.6 Å². The lowest BCUT2D eigenvalue weighted by Crippen LogP contribution is -2.39. The van der Waals surface area contributed by atoms with Crippen LogP contribution in [0.1, 0.15) is 46.9 Å². The van der Waals surface area contributed by atoms with Crippen molar-refractivity contribution in [2.75, 3.05) is 25.1 Å². The summed E-state index contributed by atoms with van der Waals surface area (Å²) in [6, 6.07) is 20.4. The zero-order valence-corrected chi connectivity index (χ0v) is 19.1. The number of ether oxygens (including phenoxy) is 2. The van der Waals surface area contributed by atoms with Gasteiger partial charge in [-0.3, -0.25) is 9.59 Å². The third kappa shape index (κ3) is 4.70. The normalized spacial score (nSPS) is 15.3. The van der Waals surface area contributed by atoms with Crippen molar-refractivity contribution in [3.63, 3.8) is 0 Å². The molecule has 0 fully saturated rings. The molecule has 33 heavy (non-hydrogen) atoms. The second-order valence-corrected chi connectivity index (χ2v) is 7.91. The monoisotopic (exact) mass is 444 g/mol. The van der Waals surface area contributed by atoms with E-state index in [2.05, 4.69) is 5.32 Å². The first kappa shape index (κ1) is 22.4. The smallest absolute Gasteiger partial charge is 0.255 e. The maximum Gasteiger partial charge on any atom is 0.255 e. The van der Waals surface area contributed by atoms with E-state index in [9.17, 15) is 9.59 Å². The van der Waals surface area contributed by atoms with E-state index in [0.717, 1.165) is 22.4 Å². The van der Waals surface area contributed by atoms with Crippen molar-refractivity contribution in [2.45, 2.75) is 26.8 Å². The molecule has 0 aliphatic carbocycles. The fourth-order valence-corrected chi connectivity index (χ4v) is 4.16. The molecule has 0 saturated heterocycles. The second-order valence-electron chi connectivity index (χ2n) is 7.91. The molecule has 1 N–H and O–H groups in total. The zero-order chi connectivity index (χ0) is 23.4. The summed E-state index contributed by atoms with van der Waals surface area (Å²) in [7, 11) is 0.